The van der Waals surface area contributed by atoms with Crippen LogP contribution in [0.4, 0.5) is 0 Å². The van der Waals surface area contributed by atoms with Crippen molar-refractivity contribution in [1.82, 2.24) is 0 Å². The maximum atomic E-state index is 6.06. The average molecular weight is 211 g/mol. The molecule has 0 fully saturated rings. The quantitative estimate of drug-likeness (QED) is 0.766. The summed E-state index contributed by atoms with van der Waals surface area (Å²) >= 11 is 1.81. The fourth-order valence-electron chi connectivity index (χ4n) is 1.58. The molecule has 2 N–H and O–H groups in total. The Hall–Kier alpha value is -0.340. The number of hydrogen-bond donors (Lipinski definition) is 1. The Morgan fingerprint density at radius 3 is 2.71 bits per heavy atom. The van der Waals surface area contributed by atoms with Crippen molar-refractivity contribution in [3.8, 4) is 0 Å². The highest BCUT2D eigenvalue weighted by atomic mass is 32.1. The summed E-state index contributed by atoms with van der Waals surface area (Å²) < 4.78 is 0. The normalized spacial score (nSPS) is 13.4. The van der Waals surface area contributed by atoms with Gasteiger partial charge in [0.25, 0.3) is 0 Å². The average Bonchev–Trinajstić information content (AvgIpc) is 2.56. The first-order chi connectivity index (χ1) is 6.68. The standard InChI is InChI=1S/C12H21NS/c1-10(2)5-3-6-11(13)9-12-7-4-8-14-12/h4,7-8,10-11H,3,5-6,9,13H2,1-2H3. The van der Waals surface area contributed by atoms with E-state index in [2.05, 4.69) is 31.4 Å². The smallest absolute Gasteiger partial charge is 0.00871 e. The molecule has 0 aliphatic carbocycles. The molecule has 0 spiro atoms. The molecular weight excluding hydrogens is 190 g/mol. The van der Waals surface area contributed by atoms with Gasteiger partial charge in [0.1, 0.15) is 0 Å². The summed E-state index contributed by atoms with van der Waals surface area (Å²) in [7, 11) is 0. The zero-order chi connectivity index (χ0) is 10.4. The molecule has 1 aromatic rings. The Labute approximate surface area is 91.3 Å². The molecule has 0 radical (unpaired) electrons. The minimum atomic E-state index is 0.354. The van der Waals surface area contributed by atoms with E-state index >= 15 is 0 Å². The second kappa shape index (κ2) is 6.20. The van der Waals surface area contributed by atoms with Crippen molar-refractivity contribution in [3.05, 3.63) is 22.4 Å². The topological polar surface area (TPSA) is 26.0 Å². The number of rotatable bonds is 6. The van der Waals surface area contributed by atoms with Crippen molar-refractivity contribution in [3.63, 3.8) is 0 Å². The highest BCUT2D eigenvalue weighted by molar-refractivity contribution is 7.09. The lowest BCUT2D eigenvalue weighted by Crippen LogP contribution is -2.22. The number of thiophene rings is 1. The van der Waals surface area contributed by atoms with Gasteiger partial charge in [-0.3, -0.25) is 0 Å². The second-order valence-corrected chi connectivity index (χ2v) is 5.40. The Kier molecular flexibility index (Phi) is 5.20. The third-order valence-corrected chi connectivity index (χ3v) is 3.30. The zero-order valence-electron chi connectivity index (χ0n) is 9.20. The van der Waals surface area contributed by atoms with Crippen molar-refractivity contribution in [1.29, 1.82) is 0 Å². The van der Waals surface area contributed by atoms with E-state index in [1.54, 1.807) is 0 Å². The van der Waals surface area contributed by atoms with Gasteiger partial charge in [-0.15, -0.1) is 11.3 Å². The fraction of sp³-hybridized carbons (Fsp3) is 0.667. The van der Waals surface area contributed by atoms with E-state index in [9.17, 15) is 0 Å². The SMILES string of the molecule is CC(C)CCCC(N)Cc1cccs1. The first-order valence-corrected chi connectivity index (χ1v) is 6.34. The van der Waals surface area contributed by atoms with Crippen LogP contribution in [0.1, 0.15) is 38.0 Å². The van der Waals surface area contributed by atoms with Gasteiger partial charge in [0.2, 0.25) is 0 Å². The van der Waals surface area contributed by atoms with Gasteiger partial charge in [-0.05, 0) is 30.2 Å². The summed E-state index contributed by atoms with van der Waals surface area (Å²) in [5.41, 5.74) is 6.06. The molecule has 1 aromatic heterocycles. The third-order valence-electron chi connectivity index (χ3n) is 2.40. The molecule has 0 amide bonds. The van der Waals surface area contributed by atoms with Crippen LogP contribution < -0.4 is 5.73 Å². The summed E-state index contributed by atoms with van der Waals surface area (Å²) in [5.74, 6) is 0.809. The van der Waals surface area contributed by atoms with Gasteiger partial charge in [-0.25, -0.2) is 0 Å². The van der Waals surface area contributed by atoms with Gasteiger partial charge >= 0.3 is 0 Å². The van der Waals surface area contributed by atoms with Crippen LogP contribution in [0.2, 0.25) is 0 Å². The minimum absolute atomic E-state index is 0.354. The Morgan fingerprint density at radius 2 is 2.14 bits per heavy atom. The van der Waals surface area contributed by atoms with Crippen LogP contribution in [0.15, 0.2) is 17.5 Å². The lowest BCUT2D eigenvalue weighted by Gasteiger charge is -2.11. The van der Waals surface area contributed by atoms with Gasteiger partial charge in [0.05, 0.1) is 0 Å². The second-order valence-electron chi connectivity index (χ2n) is 4.37. The fourth-order valence-corrected chi connectivity index (χ4v) is 2.38. The molecule has 1 rings (SSSR count). The minimum Gasteiger partial charge on any atom is -0.327 e. The summed E-state index contributed by atoms with van der Waals surface area (Å²) in [6.45, 7) is 4.54. The molecule has 14 heavy (non-hydrogen) atoms. The molecule has 0 aromatic carbocycles. The van der Waals surface area contributed by atoms with E-state index < -0.39 is 0 Å². The largest absolute Gasteiger partial charge is 0.327 e. The Morgan fingerprint density at radius 1 is 1.36 bits per heavy atom. The van der Waals surface area contributed by atoms with Crippen LogP contribution in [0.5, 0.6) is 0 Å². The molecule has 1 heterocycles. The van der Waals surface area contributed by atoms with E-state index in [4.69, 9.17) is 5.73 Å². The predicted molar refractivity (Wildman–Crippen MR) is 64.7 cm³/mol. The molecule has 0 aliphatic rings. The van der Waals surface area contributed by atoms with Crippen LogP contribution in [0, 0.1) is 5.92 Å². The lowest BCUT2D eigenvalue weighted by atomic mass is 10.0. The summed E-state index contributed by atoms with van der Waals surface area (Å²) in [6, 6.07) is 4.63. The van der Waals surface area contributed by atoms with Crippen molar-refractivity contribution >= 4 is 11.3 Å². The van der Waals surface area contributed by atoms with Gasteiger partial charge in [-0.1, -0.05) is 32.8 Å². The third kappa shape index (κ3) is 4.77. The molecule has 0 bridgehead atoms. The highest BCUT2D eigenvalue weighted by Crippen LogP contribution is 2.14. The number of hydrogen-bond acceptors (Lipinski definition) is 2. The van der Waals surface area contributed by atoms with E-state index in [1.807, 2.05) is 11.3 Å². The van der Waals surface area contributed by atoms with Gasteiger partial charge in [-0.2, -0.15) is 0 Å². The molecule has 80 valence electrons. The maximum Gasteiger partial charge on any atom is 0.00871 e. The lowest BCUT2D eigenvalue weighted by molar-refractivity contribution is 0.497. The summed E-state index contributed by atoms with van der Waals surface area (Å²) in [5, 5.41) is 2.12. The molecule has 0 saturated heterocycles. The van der Waals surface area contributed by atoms with E-state index in [0.717, 1.165) is 18.8 Å². The Bertz CT molecular complexity index is 228. The van der Waals surface area contributed by atoms with Crippen LogP contribution in [-0.4, -0.2) is 6.04 Å². The molecular formula is C12H21NS. The van der Waals surface area contributed by atoms with E-state index in [0.29, 0.717) is 6.04 Å². The number of nitrogens with two attached hydrogens (primary N) is 1. The van der Waals surface area contributed by atoms with Crippen molar-refractivity contribution in [2.75, 3.05) is 0 Å². The first kappa shape index (κ1) is 11.7. The van der Waals surface area contributed by atoms with E-state index in [-0.39, 0.29) is 0 Å². The van der Waals surface area contributed by atoms with Crippen LogP contribution >= 0.6 is 11.3 Å². The van der Waals surface area contributed by atoms with Crippen LogP contribution in [0.25, 0.3) is 0 Å². The Balaban J connectivity index is 2.13. The van der Waals surface area contributed by atoms with Crippen molar-refractivity contribution < 1.29 is 0 Å². The first-order valence-electron chi connectivity index (χ1n) is 5.46. The molecule has 0 saturated carbocycles. The molecule has 0 aliphatic heterocycles. The molecule has 1 atom stereocenters. The molecule has 1 nitrogen and oxygen atoms in total. The molecule has 1 unspecified atom stereocenters. The monoisotopic (exact) mass is 211 g/mol. The van der Waals surface area contributed by atoms with Gasteiger partial charge in [0, 0.05) is 10.9 Å². The molecule has 2 heteroatoms. The van der Waals surface area contributed by atoms with E-state index in [1.165, 1.54) is 17.7 Å². The summed E-state index contributed by atoms with van der Waals surface area (Å²) in [6.07, 6.45) is 4.79. The van der Waals surface area contributed by atoms with Gasteiger partial charge < -0.3 is 5.73 Å². The van der Waals surface area contributed by atoms with Crippen molar-refractivity contribution in [2.24, 2.45) is 11.7 Å². The van der Waals surface area contributed by atoms with Crippen LogP contribution in [-0.2, 0) is 6.42 Å². The van der Waals surface area contributed by atoms with Gasteiger partial charge in [0.15, 0.2) is 0 Å². The van der Waals surface area contributed by atoms with Crippen LogP contribution in [0.3, 0.4) is 0 Å². The summed E-state index contributed by atoms with van der Waals surface area (Å²) in [4.78, 5) is 1.42. The predicted octanol–water partition coefficient (Wildman–Crippen LogP) is 3.44. The zero-order valence-corrected chi connectivity index (χ0v) is 10.0. The highest BCUT2D eigenvalue weighted by Gasteiger charge is 2.05. The van der Waals surface area contributed by atoms with Crippen molar-refractivity contribution in [2.45, 2.75) is 45.6 Å². The maximum absolute atomic E-state index is 6.06.